The molecule has 19 heavy (non-hydrogen) atoms. The van der Waals surface area contributed by atoms with Crippen LogP contribution in [0.2, 0.25) is 0 Å². The first-order valence-electron chi connectivity index (χ1n) is 7.16. The van der Waals surface area contributed by atoms with Crippen LogP contribution >= 0.6 is 0 Å². The molecule has 0 amide bonds. The summed E-state index contributed by atoms with van der Waals surface area (Å²) in [4.78, 5) is 5.05. The average molecular weight is 265 g/mol. The molecule has 4 nitrogen and oxygen atoms in total. The molecule has 2 heterocycles. The molecule has 1 aliphatic heterocycles. The lowest BCUT2D eigenvalue weighted by Crippen LogP contribution is -2.53. The molecule has 1 aliphatic rings. The van der Waals surface area contributed by atoms with Crippen LogP contribution in [0.5, 0.6) is 0 Å². The fourth-order valence-corrected chi connectivity index (χ4v) is 2.66. The Bertz CT molecular complexity index is 412. The van der Waals surface area contributed by atoms with Gasteiger partial charge in [-0.3, -0.25) is 9.80 Å². The molecule has 1 aromatic heterocycles. The summed E-state index contributed by atoms with van der Waals surface area (Å²) in [6, 6.07) is 2.10. The molecule has 108 valence electrons. The number of piperazine rings is 1. The van der Waals surface area contributed by atoms with Gasteiger partial charge in [0, 0.05) is 43.8 Å². The first kappa shape index (κ1) is 14.6. The zero-order valence-corrected chi connectivity index (χ0v) is 12.7. The molecular weight excluding hydrogens is 238 g/mol. The molecule has 0 bridgehead atoms. The van der Waals surface area contributed by atoms with E-state index in [1.54, 1.807) is 0 Å². The number of nitrogens with zero attached hydrogens (tertiary/aromatic N) is 2. The van der Waals surface area contributed by atoms with Crippen LogP contribution in [0.25, 0.3) is 0 Å². The Kier molecular flexibility index (Phi) is 4.33. The van der Waals surface area contributed by atoms with Crippen molar-refractivity contribution in [2.45, 2.75) is 46.3 Å². The van der Waals surface area contributed by atoms with E-state index in [4.69, 9.17) is 10.2 Å². The van der Waals surface area contributed by atoms with Crippen LogP contribution in [0.15, 0.2) is 10.5 Å². The van der Waals surface area contributed by atoms with Crippen molar-refractivity contribution in [1.29, 1.82) is 0 Å². The predicted molar refractivity (Wildman–Crippen MR) is 77.9 cm³/mol. The smallest absolute Gasteiger partial charge is 0.118 e. The fourth-order valence-electron chi connectivity index (χ4n) is 2.66. The summed E-state index contributed by atoms with van der Waals surface area (Å²) in [5.74, 6) is 1.90. The Hall–Kier alpha value is -0.840. The molecule has 0 radical (unpaired) electrons. The van der Waals surface area contributed by atoms with Gasteiger partial charge in [0.1, 0.15) is 11.5 Å². The van der Waals surface area contributed by atoms with Gasteiger partial charge < -0.3 is 10.2 Å². The van der Waals surface area contributed by atoms with Crippen LogP contribution in [0.3, 0.4) is 0 Å². The van der Waals surface area contributed by atoms with E-state index < -0.39 is 0 Å². The Morgan fingerprint density at radius 1 is 1.21 bits per heavy atom. The largest absolute Gasteiger partial charge is 0.465 e. The lowest BCUT2D eigenvalue weighted by molar-refractivity contribution is 0.0589. The van der Waals surface area contributed by atoms with E-state index in [1.807, 2.05) is 6.92 Å². The van der Waals surface area contributed by atoms with Gasteiger partial charge in [0.15, 0.2) is 0 Å². The maximum absolute atomic E-state index is 5.62. The van der Waals surface area contributed by atoms with Crippen molar-refractivity contribution in [2.24, 2.45) is 5.73 Å². The van der Waals surface area contributed by atoms with E-state index in [2.05, 4.69) is 36.6 Å². The van der Waals surface area contributed by atoms with Crippen LogP contribution < -0.4 is 5.73 Å². The van der Waals surface area contributed by atoms with Gasteiger partial charge in [0.2, 0.25) is 0 Å². The van der Waals surface area contributed by atoms with E-state index in [0.717, 1.165) is 44.2 Å². The summed E-state index contributed by atoms with van der Waals surface area (Å²) in [5, 5.41) is 0. The van der Waals surface area contributed by atoms with Crippen molar-refractivity contribution < 1.29 is 4.42 Å². The summed E-state index contributed by atoms with van der Waals surface area (Å²) in [6.07, 6.45) is 0. The van der Waals surface area contributed by atoms with Crippen molar-refractivity contribution in [1.82, 2.24) is 9.80 Å². The van der Waals surface area contributed by atoms with Crippen LogP contribution in [0.1, 0.15) is 37.9 Å². The van der Waals surface area contributed by atoms with Gasteiger partial charge in [-0.15, -0.1) is 0 Å². The molecule has 1 fully saturated rings. The highest BCUT2D eigenvalue weighted by Crippen LogP contribution is 2.20. The number of nitrogens with two attached hydrogens (primary N) is 1. The van der Waals surface area contributed by atoms with Crippen LogP contribution in [0, 0.1) is 6.92 Å². The molecule has 2 N–H and O–H groups in total. The SMILES string of the molecule is Cc1oc(CN)cc1CN1CCN(C(C)(C)C)CC1. The summed E-state index contributed by atoms with van der Waals surface area (Å²) in [7, 11) is 0. The zero-order chi connectivity index (χ0) is 14.0. The molecule has 4 heteroatoms. The zero-order valence-electron chi connectivity index (χ0n) is 12.7. The number of rotatable bonds is 3. The fraction of sp³-hybridized carbons (Fsp3) is 0.733. The predicted octanol–water partition coefficient (Wildman–Crippen LogP) is 1.96. The van der Waals surface area contributed by atoms with Gasteiger partial charge in [-0.25, -0.2) is 0 Å². The second-order valence-corrected chi connectivity index (χ2v) is 6.43. The monoisotopic (exact) mass is 265 g/mol. The summed E-state index contributed by atoms with van der Waals surface area (Å²) < 4.78 is 5.62. The molecule has 0 aromatic carbocycles. The second-order valence-electron chi connectivity index (χ2n) is 6.43. The Morgan fingerprint density at radius 2 is 1.84 bits per heavy atom. The lowest BCUT2D eigenvalue weighted by atomic mass is 10.0. The normalized spacial score (nSPS) is 19.0. The molecular formula is C15H27N3O. The van der Waals surface area contributed by atoms with Crippen LogP contribution in [-0.2, 0) is 13.1 Å². The molecule has 2 rings (SSSR count). The third kappa shape index (κ3) is 3.59. The first-order valence-corrected chi connectivity index (χ1v) is 7.16. The number of hydrogen-bond acceptors (Lipinski definition) is 4. The Labute approximate surface area is 116 Å². The highest BCUT2D eigenvalue weighted by atomic mass is 16.3. The Morgan fingerprint density at radius 3 is 2.32 bits per heavy atom. The lowest BCUT2D eigenvalue weighted by Gasteiger charge is -2.42. The van der Waals surface area contributed by atoms with Gasteiger partial charge in [0.05, 0.1) is 6.54 Å². The van der Waals surface area contributed by atoms with Gasteiger partial charge in [0.25, 0.3) is 0 Å². The molecule has 1 aromatic rings. The van der Waals surface area contributed by atoms with E-state index >= 15 is 0 Å². The van der Waals surface area contributed by atoms with E-state index in [1.165, 1.54) is 5.56 Å². The molecule has 0 unspecified atom stereocenters. The second kappa shape index (κ2) is 5.65. The van der Waals surface area contributed by atoms with Crippen molar-refractivity contribution in [3.8, 4) is 0 Å². The van der Waals surface area contributed by atoms with Crippen molar-refractivity contribution in [3.63, 3.8) is 0 Å². The van der Waals surface area contributed by atoms with Crippen molar-refractivity contribution >= 4 is 0 Å². The van der Waals surface area contributed by atoms with Gasteiger partial charge in [-0.2, -0.15) is 0 Å². The van der Waals surface area contributed by atoms with Gasteiger partial charge in [-0.05, 0) is 33.8 Å². The molecule has 0 saturated carbocycles. The third-order valence-corrected chi connectivity index (χ3v) is 3.99. The summed E-state index contributed by atoms with van der Waals surface area (Å²) >= 11 is 0. The van der Waals surface area contributed by atoms with Crippen molar-refractivity contribution in [2.75, 3.05) is 26.2 Å². The molecule has 0 spiro atoms. The molecule has 0 aliphatic carbocycles. The average Bonchev–Trinajstić information content (AvgIpc) is 2.70. The number of aryl methyl sites for hydroxylation is 1. The number of furan rings is 1. The highest BCUT2D eigenvalue weighted by Gasteiger charge is 2.26. The topological polar surface area (TPSA) is 45.6 Å². The maximum atomic E-state index is 5.62. The standard InChI is InChI=1S/C15H27N3O/c1-12-13(9-14(10-16)19-12)11-17-5-7-18(8-6-17)15(2,3)4/h9H,5-8,10-11,16H2,1-4H3. The van der Waals surface area contributed by atoms with E-state index in [0.29, 0.717) is 6.54 Å². The van der Waals surface area contributed by atoms with Gasteiger partial charge >= 0.3 is 0 Å². The minimum atomic E-state index is 0.282. The molecule has 0 atom stereocenters. The summed E-state index contributed by atoms with van der Waals surface area (Å²) in [5.41, 5.74) is 7.18. The summed E-state index contributed by atoms with van der Waals surface area (Å²) in [6.45, 7) is 14.9. The van der Waals surface area contributed by atoms with Crippen molar-refractivity contribution in [3.05, 3.63) is 23.2 Å². The van der Waals surface area contributed by atoms with Crippen LogP contribution in [-0.4, -0.2) is 41.5 Å². The minimum Gasteiger partial charge on any atom is -0.465 e. The minimum absolute atomic E-state index is 0.282. The van der Waals surface area contributed by atoms with E-state index in [9.17, 15) is 0 Å². The number of hydrogen-bond donors (Lipinski definition) is 1. The van der Waals surface area contributed by atoms with Crippen LogP contribution in [0.4, 0.5) is 0 Å². The van der Waals surface area contributed by atoms with E-state index in [-0.39, 0.29) is 5.54 Å². The Balaban J connectivity index is 1.90. The highest BCUT2D eigenvalue weighted by molar-refractivity contribution is 5.20. The van der Waals surface area contributed by atoms with Gasteiger partial charge in [-0.1, -0.05) is 0 Å². The quantitative estimate of drug-likeness (QED) is 0.907. The third-order valence-electron chi connectivity index (χ3n) is 3.99. The molecule has 1 saturated heterocycles. The first-order chi connectivity index (χ1) is 8.90. The maximum Gasteiger partial charge on any atom is 0.118 e.